The second-order valence-corrected chi connectivity index (χ2v) is 10.1. The number of nitrogens with zero attached hydrogens (tertiary/aromatic N) is 1. The van der Waals surface area contributed by atoms with Gasteiger partial charge in [-0.05, 0) is 47.3 Å². The van der Waals surface area contributed by atoms with E-state index >= 15 is 0 Å². The normalized spacial score (nSPS) is 12.2. The highest BCUT2D eigenvalue weighted by atomic mass is 31.1. The number of hydrogen-bond acceptors (Lipinski definition) is 3. The first-order chi connectivity index (χ1) is 16.1. The maximum atomic E-state index is 6.30. The minimum Gasteiger partial charge on any atom is -0.467 e. The lowest BCUT2D eigenvalue weighted by atomic mass is 9.89. The van der Waals surface area contributed by atoms with Gasteiger partial charge in [0.05, 0.1) is 0 Å². The van der Waals surface area contributed by atoms with Gasteiger partial charge in [-0.25, -0.2) is 0 Å². The molecule has 0 aliphatic rings. The van der Waals surface area contributed by atoms with Crippen LogP contribution in [0.1, 0.15) is 54.5 Å². The van der Waals surface area contributed by atoms with Crippen LogP contribution in [0.4, 0.5) is 0 Å². The highest BCUT2D eigenvalue weighted by Gasteiger charge is 2.34. The highest BCUT2D eigenvalue weighted by molar-refractivity contribution is 7.49. The summed E-state index contributed by atoms with van der Waals surface area (Å²) in [7, 11) is 4.12. The third-order valence-electron chi connectivity index (χ3n) is 6.32. The molecule has 0 aromatic heterocycles. The van der Waals surface area contributed by atoms with Crippen LogP contribution in [0.25, 0.3) is 0 Å². The predicted molar refractivity (Wildman–Crippen MR) is 143 cm³/mol. The van der Waals surface area contributed by atoms with E-state index in [0.29, 0.717) is 8.58 Å². The maximum absolute atomic E-state index is 6.30. The number of hydrogen-bond donors (Lipinski definition) is 0. The summed E-state index contributed by atoms with van der Waals surface area (Å²) in [6.45, 7) is 7.04. The SMILES string of the molecule is CCC(CC)(Pc1c(C)cccc1C=NC)c1cccc(Cc2ccccc2)c1OCOC. The number of methoxy groups -OCH3 is 1. The number of aliphatic imine (C=N–C) groups is 1. The summed E-state index contributed by atoms with van der Waals surface area (Å²) in [5.41, 5.74) is 6.28. The van der Waals surface area contributed by atoms with Crippen molar-refractivity contribution in [2.75, 3.05) is 21.0 Å². The zero-order valence-corrected chi connectivity index (χ0v) is 21.5. The highest BCUT2D eigenvalue weighted by Crippen LogP contribution is 2.51. The quantitative estimate of drug-likeness (QED) is 0.182. The van der Waals surface area contributed by atoms with E-state index in [1.807, 2.05) is 13.3 Å². The summed E-state index contributed by atoms with van der Waals surface area (Å²) >= 11 is 0. The second kappa shape index (κ2) is 12.1. The molecule has 0 saturated carbocycles. The van der Waals surface area contributed by atoms with Gasteiger partial charge in [0.2, 0.25) is 0 Å². The van der Waals surface area contributed by atoms with Gasteiger partial charge in [0.15, 0.2) is 6.79 Å². The van der Waals surface area contributed by atoms with Crippen LogP contribution in [-0.2, 0) is 16.3 Å². The monoisotopic (exact) mass is 461 g/mol. The van der Waals surface area contributed by atoms with Crippen molar-refractivity contribution in [1.82, 2.24) is 0 Å². The Labute approximate surface area is 201 Å². The summed E-state index contributed by atoms with van der Waals surface area (Å²) < 4.78 is 11.6. The van der Waals surface area contributed by atoms with E-state index in [2.05, 4.69) is 92.5 Å². The molecular formula is C29H36NO2P. The minimum absolute atomic E-state index is 0.0295. The van der Waals surface area contributed by atoms with E-state index in [1.165, 1.54) is 33.1 Å². The number of benzene rings is 3. The van der Waals surface area contributed by atoms with Crippen LogP contribution >= 0.6 is 8.58 Å². The fourth-order valence-corrected chi connectivity index (χ4v) is 6.16. The third-order valence-corrected chi connectivity index (χ3v) is 8.70. The molecule has 0 aliphatic carbocycles. The molecule has 174 valence electrons. The largest absolute Gasteiger partial charge is 0.467 e. The van der Waals surface area contributed by atoms with Gasteiger partial charge in [0, 0.05) is 37.5 Å². The van der Waals surface area contributed by atoms with Gasteiger partial charge >= 0.3 is 0 Å². The molecule has 3 aromatic carbocycles. The molecule has 0 aliphatic heterocycles. The van der Waals surface area contributed by atoms with Gasteiger partial charge in [-0.3, -0.25) is 4.99 Å². The molecule has 3 nitrogen and oxygen atoms in total. The second-order valence-electron chi connectivity index (χ2n) is 8.35. The molecule has 1 unspecified atom stereocenters. The van der Waals surface area contributed by atoms with Crippen molar-refractivity contribution in [2.45, 2.75) is 45.2 Å². The van der Waals surface area contributed by atoms with E-state index in [9.17, 15) is 0 Å². The molecule has 1 atom stereocenters. The Hall–Kier alpha value is -2.48. The van der Waals surface area contributed by atoms with E-state index in [-0.39, 0.29) is 11.9 Å². The summed E-state index contributed by atoms with van der Waals surface area (Å²) in [4.78, 5) is 4.32. The van der Waals surface area contributed by atoms with Gasteiger partial charge in [0.25, 0.3) is 0 Å². The Bertz CT molecular complexity index is 1060. The van der Waals surface area contributed by atoms with Crippen LogP contribution in [0, 0.1) is 6.92 Å². The molecule has 0 N–H and O–H groups in total. The Morgan fingerprint density at radius 3 is 2.33 bits per heavy atom. The standard InChI is InChI=1S/C29H36NO2P/c1-6-29(7-2,33-28-22(3)13-11-17-25(28)20-30-4)26-18-12-16-24(27(26)32-21-31-5)19-23-14-9-8-10-15-23/h8-18,20,33H,6-7,19,21H2,1-5H3. The van der Waals surface area contributed by atoms with Gasteiger partial charge in [0.1, 0.15) is 5.75 Å². The van der Waals surface area contributed by atoms with Gasteiger partial charge in [-0.2, -0.15) is 0 Å². The van der Waals surface area contributed by atoms with E-state index in [0.717, 1.165) is 25.0 Å². The molecular weight excluding hydrogens is 425 g/mol. The van der Waals surface area contributed by atoms with Crippen molar-refractivity contribution in [3.05, 3.63) is 94.5 Å². The number of para-hydroxylation sites is 1. The first kappa shape index (κ1) is 25.1. The number of aryl methyl sites for hydroxylation is 1. The van der Waals surface area contributed by atoms with Crippen LogP contribution in [0.3, 0.4) is 0 Å². The van der Waals surface area contributed by atoms with Crippen LogP contribution in [0.15, 0.2) is 71.7 Å². The molecule has 4 heteroatoms. The molecule has 3 aromatic rings. The fraction of sp³-hybridized carbons (Fsp3) is 0.345. The van der Waals surface area contributed by atoms with Crippen molar-refractivity contribution in [3.63, 3.8) is 0 Å². The Morgan fingerprint density at radius 1 is 0.939 bits per heavy atom. The van der Waals surface area contributed by atoms with E-state index < -0.39 is 0 Å². The lowest BCUT2D eigenvalue weighted by Gasteiger charge is -2.35. The average Bonchev–Trinajstić information content (AvgIpc) is 2.84. The van der Waals surface area contributed by atoms with Crippen LogP contribution in [-0.4, -0.2) is 27.2 Å². The Balaban J connectivity index is 2.13. The zero-order valence-electron chi connectivity index (χ0n) is 20.5. The van der Waals surface area contributed by atoms with Gasteiger partial charge in [-0.1, -0.05) is 89.2 Å². The summed E-state index contributed by atoms with van der Waals surface area (Å²) in [5, 5.41) is 1.36. The molecule has 0 heterocycles. The first-order valence-electron chi connectivity index (χ1n) is 11.7. The molecule has 0 amide bonds. The smallest absolute Gasteiger partial charge is 0.188 e. The minimum atomic E-state index is -0.0295. The average molecular weight is 462 g/mol. The predicted octanol–water partition coefficient (Wildman–Crippen LogP) is 6.64. The van der Waals surface area contributed by atoms with Crippen LogP contribution in [0.5, 0.6) is 5.75 Å². The van der Waals surface area contributed by atoms with Crippen molar-refractivity contribution in [2.24, 2.45) is 4.99 Å². The van der Waals surface area contributed by atoms with Crippen molar-refractivity contribution in [3.8, 4) is 5.75 Å². The molecule has 0 fully saturated rings. The maximum Gasteiger partial charge on any atom is 0.188 e. The molecule has 0 saturated heterocycles. The Kier molecular flexibility index (Phi) is 9.23. The first-order valence-corrected chi connectivity index (χ1v) is 12.7. The summed E-state index contributed by atoms with van der Waals surface area (Å²) in [6, 6.07) is 23.7. The Morgan fingerprint density at radius 2 is 1.67 bits per heavy atom. The fourth-order valence-electron chi connectivity index (χ4n) is 4.43. The third kappa shape index (κ3) is 5.91. The zero-order chi connectivity index (χ0) is 23.7. The number of rotatable bonds is 11. The number of ether oxygens (including phenoxy) is 2. The van der Waals surface area contributed by atoms with Crippen LogP contribution in [0.2, 0.25) is 0 Å². The lowest BCUT2D eigenvalue weighted by molar-refractivity contribution is 0.0493. The molecule has 33 heavy (non-hydrogen) atoms. The van der Waals surface area contributed by atoms with E-state index in [1.54, 1.807) is 7.11 Å². The van der Waals surface area contributed by atoms with Crippen molar-refractivity contribution < 1.29 is 9.47 Å². The van der Waals surface area contributed by atoms with E-state index in [4.69, 9.17) is 9.47 Å². The van der Waals surface area contributed by atoms with Crippen molar-refractivity contribution in [1.29, 1.82) is 0 Å². The molecule has 3 rings (SSSR count). The van der Waals surface area contributed by atoms with Gasteiger partial charge in [-0.15, -0.1) is 0 Å². The summed E-state index contributed by atoms with van der Waals surface area (Å²) in [5.74, 6) is 0.971. The topological polar surface area (TPSA) is 30.8 Å². The van der Waals surface area contributed by atoms with Gasteiger partial charge < -0.3 is 9.47 Å². The molecule has 0 spiro atoms. The van der Waals surface area contributed by atoms with Crippen molar-refractivity contribution >= 4 is 20.1 Å². The molecule has 0 bridgehead atoms. The lowest BCUT2D eigenvalue weighted by Crippen LogP contribution is -2.25. The van der Waals surface area contributed by atoms with Crippen LogP contribution < -0.4 is 10.0 Å². The summed E-state index contributed by atoms with van der Waals surface area (Å²) in [6.07, 6.45) is 4.87. The molecule has 0 radical (unpaired) electrons.